The van der Waals surface area contributed by atoms with Gasteiger partial charge in [0.15, 0.2) is 5.97 Å². The Morgan fingerprint density at radius 2 is 1.50 bits per heavy atom. The van der Waals surface area contributed by atoms with E-state index in [1.165, 1.54) is 25.7 Å². The first-order chi connectivity index (χ1) is 7.18. The van der Waals surface area contributed by atoms with Crippen LogP contribution in [0.25, 0.3) is 0 Å². The van der Waals surface area contributed by atoms with Crippen LogP contribution in [0.1, 0.15) is 51.9 Å². The summed E-state index contributed by atoms with van der Waals surface area (Å²) in [6, 6.07) is 0. The molecule has 0 heterocycles. The van der Waals surface area contributed by atoms with Gasteiger partial charge in [-0.2, -0.15) is 0 Å². The monoisotopic (exact) mass is 238 g/mol. The number of hydrogen-bond donors (Lipinski definition) is 0. The van der Waals surface area contributed by atoms with Crippen LogP contribution in [0.5, 0.6) is 0 Å². The zero-order valence-corrected chi connectivity index (χ0v) is 12.3. The van der Waals surface area contributed by atoms with Gasteiger partial charge in [0, 0.05) is 0 Å². The van der Waals surface area contributed by atoms with Crippen LogP contribution < -0.4 is 34.7 Å². The second kappa shape index (κ2) is 13.0. The molecule has 0 atom stereocenters. The maximum atomic E-state index is 10.4. The number of carboxylic acid groups (broad SMARTS) is 1. The number of rotatable bonds is 8. The van der Waals surface area contributed by atoms with E-state index in [0.717, 1.165) is 19.3 Å². The molecule has 0 saturated heterocycles. The zero-order valence-electron chi connectivity index (χ0n) is 10.3. The molecule has 0 aromatic carbocycles. The fourth-order valence-electron chi connectivity index (χ4n) is 1.28. The minimum Gasteiger partial charge on any atom is -0.539 e. The van der Waals surface area contributed by atoms with Crippen molar-refractivity contribution in [2.24, 2.45) is 0 Å². The summed E-state index contributed by atoms with van der Waals surface area (Å²) in [7, 11) is 0. The van der Waals surface area contributed by atoms with Gasteiger partial charge < -0.3 is 14.6 Å². The minimum absolute atomic E-state index is 0. The van der Waals surface area contributed by atoms with Gasteiger partial charge in [-0.15, -0.1) is 0 Å². The first kappa shape index (κ1) is 18.3. The molecule has 0 aliphatic rings. The van der Waals surface area contributed by atoms with Crippen molar-refractivity contribution >= 4 is 11.9 Å². The predicted molar refractivity (Wildman–Crippen MR) is 54.0 cm³/mol. The van der Waals surface area contributed by atoms with E-state index in [-0.39, 0.29) is 36.2 Å². The number of carbonyl (C=O) groups is 2. The summed E-state index contributed by atoms with van der Waals surface area (Å²) < 4.78 is 4.43. The Labute approximate surface area is 119 Å². The van der Waals surface area contributed by atoms with Gasteiger partial charge >= 0.3 is 35.5 Å². The molecule has 0 unspecified atom stereocenters. The van der Waals surface area contributed by atoms with Crippen LogP contribution >= 0.6 is 0 Å². The average molecular weight is 238 g/mol. The topological polar surface area (TPSA) is 66.4 Å². The molecule has 5 heteroatoms. The normalized spacial score (nSPS) is 9.31. The standard InChI is InChI=1S/C11H20O4.Na/c1-2-3-4-5-6-7-8-9-15-11(14)10(12)13;/h2-9H2,1H3,(H,12,13);/q;+1/p-1. The summed E-state index contributed by atoms with van der Waals surface area (Å²) in [5.74, 6) is -3.03. The molecule has 16 heavy (non-hydrogen) atoms. The largest absolute Gasteiger partial charge is 1.00 e. The first-order valence-electron chi connectivity index (χ1n) is 5.56. The van der Waals surface area contributed by atoms with E-state index in [2.05, 4.69) is 11.7 Å². The maximum absolute atomic E-state index is 10.4. The van der Waals surface area contributed by atoms with Gasteiger partial charge in [-0.25, -0.2) is 4.79 Å². The van der Waals surface area contributed by atoms with Crippen LogP contribution in [0, 0.1) is 0 Å². The molecule has 0 aliphatic carbocycles. The number of esters is 1. The molecule has 0 amide bonds. The summed E-state index contributed by atoms with van der Waals surface area (Å²) in [5, 5.41) is 9.95. The number of ether oxygens (including phenoxy) is 1. The Morgan fingerprint density at radius 3 is 2.00 bits per heavy atom. The van der Waals surface area contributed by atoms with Crippen LogP contribution in [0.4, 0.5) is 0 Å². The van der Waals surface area contributed by atoms with E-state index in [4.69, 9.17) is 0 Å². The second-order valence-electron chi connectivity index (χ2n) is 3.54. The van der Waals surface area contributed by atoms with E-state index >= 15 is 0 Å². The first-order valence-corrected chi connectivity index (χ1v) is 5.56. The molecule has 0 aliphatic heterocycles. The molecule has 0 aromatic heterocycles. The summed E-state index contributed by atoms with van der Waals surface area (Å²) in [5.41, 5.74) is 0. The smallest absolute Gasteiger partial charge is 0.539 e. The van der Waals surface area contributed by atoms with Gasteiger partial charge in [0.2, 0.25) is 0 Å². The third-order valence-electron chi connectivity index (χ3n) is 2.15. The summed E-state index contributed by atoms with van der Waals surface area (Å²) in [4.78, 5) is 20.4. The van der Waals surface area contributed by atoms with E-state index in [1.807, 2.05) is 0 Å². The van der Waals surface area contributed by atoms with Crippen molar-refractivity contribution in [2.75, 3.05) is 6.61 Å². The second-order valence-corrected chi connectivity index (χ2v) is 3.54. The van der Waals surface area contributed by atoms with Crippen LogP contribution in [0.2, 0.25) is 0 Å². The third-order valence-corrected chi connectivity index (χ3v) is 2.15. The van der Waals surface area contributed by atoms with E-state index in [1.54, 1.807) is 0 Å². The van der Waals surface area contributed by atoms with Crippen molar-refractivity contribution < 1.29 is 49.0 Å². The number of aliphatic carboxylic acids is 1. The number of hydrogen-bond acceptors (Lipinski definition) is 4. The Morgan fingerprint density at radius 1 is 1.00 bits per heavy atom. The van der Waals surface area contributed by atoms with E-state index in [9.17, 15) is 14.7 Å². The van der Waals surface area contributed by atoms with Gasteiger partial charge in [0.25, 0.3) is 0 Å². The van der Waals surface area contributed by atoms with Crippen molar-refractivity contribution in [2.45, 2.75) is 51.9 Å². The molecule has 88 valence electrons. The molecular formula is C11H19NaO4. The fourth-order valence-corrected chi connectivity index (χ4v) is 1.28. The van der Waals surface area contributed by atoms with Crippen molar-refractivity contribution in [3.8, 4) is 0 Å². The molecule has 4 nitrogen and oxygen atoms in total. The number of unbranched alkanes of at least 4 members (excludes halogenated alkanes) is 6. The molecule has 0 fully saturated rings. The third kappa shape index (κ3) is 12.0. The van der Waals surface area contributed by atoms with Crippen molar-refractivity contribution in [1.29, 1.82) is 0 Å². The average Bonchev–Trinajstić information content (AvgIpc) is 2.21. The SMILES string of the molecule is CCCCCCCCCOC(=O)C(=O)[O-].[Na+]. The zero-order chi connectivity index (χ0) is 11.5. The Bertz CT molecular complexity index is 194. The van der Waals surface area contributed by atoms with Gasteiger partial charge in [-0.1, -0.05) is 45.4 Å². The Kier molecular flexibility index (Phi) is 14.9. The predicted octanol–water partition coefficient (Wildman–Crippen LogP) is -1.97. The van der Waals surface area contributed by atoms with Gasteiger partial charge in [-0.05, 0) is 6.42 Å². The van der Waals surface area contributed by atoms with Gasteiger partial charge in [0.05, 0.1) is 6.61 Å². The van der Waals surface area contributed by atoms with Gasteiger partial charge in [0.1, 0.15) is 0 Å². The summed E-state index contributed by atoms with van der Waals surface area (Å²) in [6.07, 6.45) is 7.75. The van der Waals surface area contributed by atoms with E-state index in [0.29, 0.717) is 0 Å². The van der Waals surface area contributed by atoms with Gasteiger partial charge in [-0.3, -0.25) is 0 Å². The summed E-state index contributed by atoms with van der Waals surface area (Å²) in [6.45, 7) is 2.35. The molecule has 0 N–H and O–H groups in total. The van der Waals surface area contributed by atoms with E-state index < -0.39 is 11.9 Å². The molecular weight excluding hydrogens is 219 g/mol. The van der Waals surface area contributed by atoms with Crippen molar-refractivity contribution in [3.05, 3.63) is 0 Å². The maximum Gasteiger partial charge on any atom is 1.00 e. The van der Waals surface area contributed by atoms with Crippen LogP contribution in [-0.4, -0.2) is 18.5 Å². The molecule has 0 bridgehead atoms. The molecule has 0 aromatic rings. The Hall–Kier alpha value is -0.0600. The molecule has 0 radical (unpaired) electrons. The molecule has 0 rings (SSSR count). The number of carboxylic acids is 1. The summed E-state index contributed by atoms with van der Waals surface area (Å²) >= 11 is 0. The van der Waals surface area contributed by atoms with Crippen molar-refractivity contribution in [3.63, 3.8) is 0 Å². The number of carbonyl (C=O) groups excluding carboxylic acids is 2. The molecule has 0 spiro atoms. The van der Waals surface area contributed by atoms with Crippen LogP contribution in [0.3, 0.4) is 0 Å². The van der Waals surface area contributed by atoms with Crippen LogP contribution in [0.15, 0.2) is 0 Å². The quantitative estimate of drug-likeness (QED) is 0.213. The van der Waals surface area contributed by atoms with Crippen molar-refractivity contribution in [1.82, 2.24) is 0 Å². The minimum atomic E-state index is -1.77. The fraction of sp³-hybridized carbons (Fsp3) is 0.818. The molecule has 0 saturated carbocycles. The Balaban J connectivity index is 0. The van der Waals surface area contributed by atoms with Crippen LogP contribution in [-0.2, 0) is 14.3 Å².